The molecule has 4 rings (SSSR count). The first-order valence-corrected chi connectivity index (χ1v) is 9.62. The van der Waals surface area contributed by atoms with Crippen LogP contribution in [0, 0.1) is 5.92 Å². The Bertz CT molecular complexity index is 692. The van der Waals surface area contributed by atoms with Gasteiger partial charge < -0.3 is 9.64 Å². The summed E-state index contributed by atoms with van der Waals surface area (Å²) in [6.45, 7) is 5.01. The van der Waals surface area contributed by atoms with Crippen molar-refractivity contribution in [1.29, 1.82) is 0 Å². The van der Waals surface area contributed by atoms with Crippen molar-refractivity contribution in [2.45, 2.75) is 38.8 Å². The molecule has 1 amide bonds. The summed E-state index contributed by atoms with van der Waals surface area (Å²) >= 11 is 1.50. The normalized spacial score (nSPS) is 20.2. The molecule has 0 aromatic carbocycles. The van der Waals surface area contributed by atoms with Crippen LogP contribution >= 0.6 is 11.3 Å². The van der Waals surface area contributed by atoms with Crippen LogP contribution in [0.4, 0.5) is 0 Å². The van der Waals surface area contributed by atoms with Gasteiger partial charge in [-0.3, -0.25) is 9.48 Å². The Kier molecular flexibility index (Phi) is 4.41. The molecule has 1 fully saturated rings. The number of thiophene rings is 1. The van der Waals surface area contributed by atoms with E-state index in [4.69, 9.17) is 4.74 Å². The lowest BCUT2D eigenvalue weighted by molar-refractivity contribution is 0.0349. The maximum absolute atomic E-state index is 13.0. The van der Waals surface area contributed by atoms with Gasteiger partial charge in [-0.25, -0.2) is 0 Å². The highest BCUT2D eigenvalue weighted by Crippen LogP contribution is 2.33. The van der Waals surface area contributed by atoms with Gasteiger partial charge in [-0.2, -0.15) is 5.10 Å². The molecule has 0 N–H and O–H groups in total. The van der Waals surface area contributed by atoms with E-state index in [9.17, 15) is 4.79 Å². The third-order valence-electron chi connectivity index (χ3n) is 4.89. The van der Waals surface area contributed by atoms with E-state index >= 15 is 0 Å². The third kappa shape index (κ3) is 3.00. The molecule has 0 radical (unpaired) electrons. The van der Waals surface area contributed by atoms with Gasteiger partial charge in [0.25, 0.3) is 5.91 Å². The molecule has 0 saturated heterocycles. The van der Waals surface area contributed by atoms with Gasteiger partial charge in [0, 0.05) is 19.7 Å². The molecule has 2 aliphatic rings. The first-order valence-electron chi connectivity index (χ1n) is 8.74. The van der Waals surface area contributed by atoms with Crippen molar-refractivity contribution in [2.24, 2.45) is 5.92 Å². The summed E-state index contributed by atoms with van der Waals surface area (Å²) in [7, 11) is 0. The van der Waals surface area contributed by atoms with Crippen molar-refractivity contribution in [3.05, 3.63) is 39.8 Å². The van der Waals surface area contributed by atoms with E-state index in [0.29, 0.717) is 6.61 Å². The summed E-state index contributed by atoms with van der Waals surface area (Å²) in [5.74, 6) is 0.838. The zero-order valence-electron chi connectivity index (χ0n) is 14.0. The lowest BCUT2D eigenvalue weighted by Gasteiger charge is -2.36. The Hall–Kier alpha value is -1.66. The zero-order chi connectivity index (χ0) is 16.5. The van der Waals surface area contributed by atoms with Crippen molar-refractivity contribution in [3.8, 4) is 0 Å². The largest absolute Gasteiger partial charge is 0.379 e. The zero-order valence-corrected chi connectivity index (χ0v) is 14.8. The number of carbonyl (C=O) groups is 1. The van der Waals surface area contributed by atoms with Crippen molar-refractivity contribution in [2.75, 3.05) is 19.8 Å². The first kappa shape index (κ1) is 15.8. The van der Waals surface area contributed by atoms with Crippen LogP contribution in [-0.4, -0.2) is 40.3 Å². The minimum atomic E-state index is -0.0375. The molecule has 2 aromatic heterocycles. The fraction of sp³-hybridized carbons (Fsp3) is 0.556. The van der Waals surface area contributed by atoms with Crippen LogP contribution in [0.5, 0.6) is 0 Å². The highest BCUT2D eigenvalue weighted by molar-refractivity contribution is 7.12. The van der Waals surface area contributed by atoms with Gasteiger partial charge in [0.2, 0.25) is 0 Å². The van der Waals surface area contributed by atoms with Crippen LogP contribution in [0.15, 0.2) is 23.7 Å². The van der Waals surface area contributed by atoms with E-state index < -0.39 is 0 Å². The lowest BCUT2D eigenvalue weighted by atomic mass is 9.99. The number of hydrogen-bond donors (Lipinski definition) is 0. The molecule has 5 nitrogen and oxygen atoms in total. The number of aryl methyl sites for hydroxylation is 1. The number of amides is 1. The Balaban J connectivity index is 1.60. The van der Waals surface area contributed by atoms with E-state index in [1.54, 1.807) is 0 Å². The quantitative estimate of drug-likeness (QED) is 0.808. The van der Waals surface area contributed by atoms with Gasteiger partial charge in [-0.15, -0.1) is 11.3 Å². The number of ether oxygens (including phenoxy) is 1. The molecule has 24 heavy (non-hydrogen) atoms. The topological polar surface area (TPSA) is 47.4 Å². The average Bonchev–Trinajstić information content (AvgIpc) is 3.11. The van der Waals surface area contributed by atoms with Crippen molar-refractivity contribution in [3.63, 3.8) is 0 Å². The maximum Gasteiger partial charge on any atom is 0.264 e. The molecule has 1 atom stereocenters. The third-order valence-corrected chi connectivity index (χ3v) is 5.75. The SMILES string of the molecule is CCn1ncc2c1C(COCC1CC1)N(C(=O)c1cccs1)CC2. The second-order valence-corrected chi connectivity index (χ2v) is 7.54. The minimum Gasteiger partial charge on any atom is -0.379 e. The Labute approximate surface area is 146 Å². The standard InChI is InChI=1S/C18H23N3O2S/c1-2-21-17-14(10-19-21)7-8-20(18(22)16-4-3-9-24-16)15(17)12-23-11-13-5-6-13/h3-4,9-10,13,15H,2,5-8,11-12H2,1H3. The van der Waals surface area contributed by atoms with Crippen molar-refractivity contribution in [1.82, 2.24) is 14.7 Å². The first-order chi connectivity index (χ1) is 11.8. The molecule has 2 aromatic rings. The van der Waals surface area contributed by atoms with Gasteiger partial charge in [0.1, 0.15) is 0 Å². The molecule has 1 saturated carbocycles. The number of hydrogen-bond acceptors (Lipinski definition) is 4. The fourth-order valence-electron chi connectivity index (χ4n) is 3.39. The van der Waals surface area contributed by atoms with E-state index in [2.05, 4.69) is 12.0 Å². The molecule has 128 valence electrons. The van der Waals surface area contributed by atoms with Crippen LogP contribution in [0.3, 0.4) is 0 Å². The Morgan fingerprint density at radius 3 is 3.00 bits per heavy atom. The van der Waals surface area contributed by atoms with E-state index in [1.165, 1.54) is 29.7 Å². The smallest absolute Gasteiger partial charge is 0.264 e. The van der Waals surface area contributed by atoms with Gasteiger partial charge in [-0.05, 0) is 49.1 Å². The van der Waals surface area contributed by atoms with Crippen LogP contribution < -0.4 is 0 Å². The summed E-state index contributed by atoms with van der Waals surface area (Å²) in [4.78, 5) is 15.7. The van der Waals surface area contributed by atoms with E-state index in [0.717, 1.165) is 42.6 Å². The minimum absolute atomic E-state index is 0.0375. The van der Waals surface area contributed by atoms with Crippen LogP contribution in [0.25, 0.3) is 0 Å². The van der Waals surface area contributed by atoms with Crippen LogP contribution in [-0.2, 0) is 17.7 Å². The molecule has 1 aliphatic heterocycles. The predicted octanol–water partition coefficient (Wildman–Crippen LogP) is 3.13. The Morgan fingerprint density at radius 1 is 1.42 bits per heavy atom. The van der Waals surface area contributed by atoms with Crippen LogP contribution in [0.2, 0.25) is 0 Å². The number of nitrogens with zero attached hydrogens (tertiary/aromatic N) is 3. The molecular formula is C18H23N3O2S. The second kappa shape index (κ2) is 6.69. The molecule has 0 bridgehead atoms. The number of fused-ring (bicyclic) bond motifs is 1. The summed E-state index contributed by atoms with van der Waals surface area (Å²) in [5.41, 5.74) is 2.41. The second-order valence-electron chi connectivity index (χ2n) is 6.59. The molecular weight excluding hydrogens is 322 g/mol. The van der Waals surface area contributed by atoms with E-state index in [-0.39, 0.29) is 11.9 Å². The number of carbonyl (C=O) groups excluding carboxylic acids is 1. The van der Waals surface area contributed by atoms with E-state index in [1.807, 2.05) is 33.3 Å². The van der Waals surface area contributed by atoms with Crippen LogP contribution in [0.1, 0.15) is 46.7 Å². The van der Waals surface area contributed by atoms with Crippen molar-refractivity contribution >= 4 is 17.2 Å². The summed E-state index contributed by atoms with van der Waals surface area (Å²) in [6, 6.07) is 3.80. The highest BCUT2D eigenvalue weighted by Gasteiger charge is 2.35. The monoisotopic (exact) mass is 345 g/mol. The number of rotatable bonds is 6. The maximum atomic E-state index is 13.0. The molecule has 1 unspecified atom stereocenters. The van der Waals surface area contributed by atoms with Gasteiger partial charge in [-0.1, -0.05) is 6.07 Å². The van der Waals surface area contributed by atoms with Gasteiger partial charge >= 0.3 is 0 Å². The summed E-state index contributed by atoms with van der Waals surface area (Å²) in [6.07, 6.45) is 5.38. The molecule has 1 aliphatic carbocycles. The highest BCUT2D eigenvalue weighted by atomic mass is 32.1. The van der Waals surface area contributed by atoms with Gasteiger partial charge in [0.05, 0.1) is 29.4 Å². The predicted molar refractivity (Wildman–Crippen MR) is 93.2 cm³/mol. The van der Waals surface area contributed by atoms with Crippen molar-refractivity contribution < 1.29 is 9.53 Å². The fourth-order valence-corrected chi connectivity index (χ4v) is 4.07. The average molecular weight is 345 g/mol. The Morgan fingerprint density at radius 2 is 2.29 bits per heavy atom. The molecule has 6 heteroatoms. The lowest BCUT2D eigenvalue weighted by Crippen LogP contribution is -2.42. The molecule has 3 heterocycles. The molecule has 0 spiro atoms. The number of aromatic nitrogens is 2. The van der Waals surface area contributed by atoms with Gasteiger partial charge in [0.15, 0.2) is 0 Å². The summed E-state index contributed by atoms with van der Waals surface area (Å²) in [5, 5.41) is 6.46. The summed E-state index contributed by atoms with van der Waals surface area (Å²) < 4.78 is 8.01.